The number of piperidine rings is 2. The van der Waals surface area contributed by atoms with E-state index in [0.717, 1.165) is 55.2 Å². The molecule has 16 heteroatoms. The third-order valence-electron chi connectivity index (χ3n) is 12.1. The lowest BCUT2D eigenvalue weighted by atomic mass is 9.98. The number of carbonyl (C=O) groups excluding carboxylic acids is 3. The van der Waals surface area contributed by atoms with Crippen molar-refractivity contribution >= 4 is 56.9 Å². The first kappa shape index (κ1) is 34.5. The average Bonchev–Trinajstić information content (AvgIpc) is 3.46. The number of pyridine rings is 2. The number of ether oxygens (including phenoxy) is 2. The van der Waals surface area contributed by atoms with Crippen LogP contribution in [-0.4, -0.2) is 93.9 Å². The molecule has 0 spiro atoms. The van der Waals surface area contributed by atoms with Gasteiger partial charge in [0.25, 0.3) is 0 Å². The van der Waals surface area contributed by atoms with Gasteiger partial charge in [0.05, 0.1) is 16.7 Å². The monoisotopic (exact) mass is 761 g/mol. The highest BCUT2D eigenvalue weighted by Gasteiger charge is 2.58. The largest absolute Gasteiger partial charge is 0.474 e. The first-order valence-corrected chi connectivity index (χ1v) is 19.1. The highest BCUT2D eigenvalue weighted by Crippen LogP contribution is 2.48. The van der Waals surface area contributed by atoms with Crippen molar-refractivity contribution in [3.8, 4) is 17.0 Å². The minimum Gasteiger partial charge on any atom is -0.474 e. The zero-order valence-electron chi connectivity index (χ0n) is 30.9. The molecular weight excluding hydrogens is 721 g/mol. The maximum absolute atomic E-state index is 15.3. The van der Waals surface area contributed by atoms with Gasteiger partial charge in [-0.25, -0.2) is 23.9 Å². The van der Waals surface area contributed by atoms with Gasteiger partial charge in [-0.2, -0.15) is 0 Å². The summed E-state index contributed by atoms with van der Waals surface area (Å²) in [6, 6.07) is 9.96. The van der Waals surface area contributed by atoms with E-state index in [1.165, 1.54) is 16.8 Å². The van der Waals surface area contributed by atoms with Crippen molar-refractivity contribution in [2.24, 2.45) is 24.8 Å². The number of benzene rings is 2. The van der Waals surface area contributed by atoms with Crippen LogP contribution in [0.3, 0.4) is 0 Å². The lowest BCUT2D eigenvalue weighted by molar-refractivity contribution is -0.135. The molecule has 1 aliphatic carbocycles. The Balaban J connectivity index is 0.738. The minimum absolute atomic E-state index is 0.144. The van der Waals surface area contributed by atoms with Gasteiger partial charge in [0.1, 0.15) is 36.1 Å². The molecule has 56 heavy (non-hydrogen) atoms. The number of anilines is 3. The van der Waals surface area contributed by atoms with Crippen molar-refractivity contribution in [2.75, 3.05) is 61.4 Å². The summed E-state index contributed by atoms with van der Waals surface area (Å²) >= 11 is 0. The van der Waals surface area contributed by atoms with E-state index in [2.05, 4.69) is 35.7 Å². The number of halogens is 1. The van der Waals surface area contributed by atoms with Gasteiger partial charge in [0.15, 0.2) is 0 Å². The molecule has 5 aromatic rings. The normalized spacial score (nSPS) is 23.2. The minimum atomic E-state index is -0.720. The van der Waals surface area contributed by atoms with Gasteiger partial charge in [-0.15, -0.1) is 0 Å². The molecule has 4 atom stereocenters. The molecule has 0 radical (unpaired) electrons. The fourth-order valence-corrected chi connectivity index (χ4v) is 9.22. The average molecular weight is 762 g/mol. The first-order chi connectivity index (χ1) is 27.1. The lowest BCUT2D eigenvalue weighted by Crippen LogP contribution is -2.51. The van der Waals surface area contributed by atoms with Crippen LogP contribution in [0, 0.1) is 30.5 Å². The second kappa shape index (κ2) is 13.0. The van der Waals surface area contributed by atoms with Gasteiger partial charge in [-0.1, -0.05) is 6.07 Å². The molecule has 4 fully saturated rings. The summed E-state index contributed by atoms with van der Waals surface area (Å²) in [5.74, 6) is 0.703. The topological polar surface area (TPSA) is 165 Å². The number of carbonyl (C=O) groups is 3. The van der Waals surface area contributed by atoms with Crippen molar-refractivity contribution in [3.05, 3.63) is 70.7 Å². The highest BCUT2D eigenvalue weighted by atomic mass is 19.1. The maximum Gasteiger partial charge on any atom is 0.413 e. The predicted molar refractivity (Wildman–Crippen MR) is 205 cm³/mol. The lowest BCUT2D eigenvalue weighted by Gasteiger charge is -2.43. The number of aryl methyl sites for hydroxylation is 1. The van der Waals surface area contributed by atoms with Gasteiger partial charge < -0.3 is 24.6 Å². The molecular formula is C40H40FN9O6. The number of aromatic nitrogens is 4. The van der Waals surface area contributed by atoms with Crippen LogP contribution < -0.4 is 31.3 Å². The molecule has 3 N–H and O–H groups in total. The van der Waals surface area contributed by atoms with E-state index in [0.29, 0.717) is 64.6 Å². The van der Waals surface area contributed by atoms with Crippen LogP contribution in [-0.2, 0) is 21.4 Å². The van der Waals surface area contributed by atoms with Crippen LogP contribution in [0.15, 0.2) is 53.6 Å². The Morgan fingerprint density at radius 3 is 2.66 bits per heavy atom. The third kappa shape index (κ3) is 5.72. The molecule has 288 valence electrons. The number of nitrogens with zero attached hydrogens (tertiary/aromatic N) is 6. The quantitative estimate of drug-likeness (QED) is 0.207. The molecule has 2 aromatic carbocycles. The van der Waals surface area contributed by atoms with Crippen molar-refractivity contribution in [1.82, 2.24) is 29.3 Å². The maximum atomic E-state index is 15.3. The number of nitrogens with one attached hydrogen (secondary N) is 3. The van der Waals surface area contributed by atoms with Crippen molar-refractivity contribution in [1.29, 1.82) is 0 Å². The van der Waals surface area contributed by atoms with Crippen molar-refractivity contribution in [3.63, 3.8) is 0 Å². The summed E-state index contributed by atoms with van der Waals surface area (Å²) in [7, 11) is 1.73. The van der Waals surface area contributed by atoms with E-state index in [9.17, 15) is 19.2 Å². The number of fused-ring (bicyclic) bond motifs is 4. The van der Waals surface area contributed by atoms with Crippen LogP contribution in [0.4, 0.5) is 26.4 Å². The van der Waals surface area contributed by atoms with E-state index in [4.69, 9.17) is 9.47 Å². The van der Waals surface area contributed by atoms with Crippen molar-refractivity contribution < 1.29 is 28.2 Å². The predicted octanol–water partition coefficient (Wildman–Crippen LogP) is 3.79. The Hall–Kier alpha value is -6.03. The fraction of sp³-hybridized carbons (Fsp3) is 0.400. The smallest absolute Gasteiger partial charge is 0.413 e. The molecule has 15 nitrogen and oxygen atoms in total. The Morgan fingerprint density at radius 1 is 1.04 bits per heavy atom. The van der Waals surface area contributed by atoms with Gasteiger partial charge in [0.2, 0.25) is 17.7 Å². The number of imide groups is 1. The molecule has 7 heterocycles. The second-order valence-electron chi connectivity index (χ2n) is 15.6. The molecule has 3 saturated heterocycles. The number of rotatable bonds is 7. The standard InChI is InChI=1S/C40H40FN9O6/c1-20-25(14-44-38-34(20)42-8-9-55-38)24-10-22-12-32(43-13-23(22)11-28(24)41)45-39(53)56-36-26-18-48(19-27(26)36)15-21-16-49(17-21)29-4-3-5-30-35(29)47(2)40(54)50(30)31-6-7-33(51)46-37(31)52/h3-5,10-14,21,26-27,31,36,42H,6-9,15-19H2,1-2H3,(H,43,45,53)(H,46,51,52)/t26-,27+,31?,36?. The molecule has 3 aromatic heterocycles. The van der Waals surface area contributed by atoms with Gasteiger partial charge in [-0.3, -0.25) is 29.4 Å². The fourth-order valence-electron chi connectivity index (χ4n) is 9.22. The van der Waals surface area contributed by atoms with Crippen LogP contribution in [0.25, 0.3) is 32.9 Å². The number of imidazole rings is 1. The molecule has 3 amide bonds. The zero-order valence-corrected chi connectivity index (χ0v) is 30.9. The number of hydrogen-bond donors (Lipinski definition) is 3. The number of amides is 3. The Kier molecular flexibility index (Phi) is 8.02. The summed E-state index contributed by atoms with van der Waals surface area (Å²) in [5, 5.41) is 9.75. The van der Waals surface area contributed by atoms with Crippen LogP contribution in [0.5, 0.6) is 5.88 Å². The summed E-state index contributed by atoms with van der Waals surface area (Å²) < 4.78 is 29.9. The molecule has 4 aliphatic heterocycles. The van der Waals surface area contributed by atoms with Gasteiger partial charge in [-0.05, 0) is 54.6 Å². The van der Waals surface area contributed by atoms with E-state index >= 15 is 4.39 Å². The summed E-state index contributed by atoms with van der Waals surface area (Å²) in [6.07, 6.45) is 2.95. The van der Waals surface area contributed by atoms with E-state index < -0.39 is 23.9 Å². The molecule has 1 saturated carbocycles. The molecule has 5 aliphatic rings. The summed E-state index contributed by atoms with van der Waals surface area (Å²) in [4.78, 5) is 64.1. The van der Waals surface area contributed by atoms with E-state index in [-0.39, 0.29) is 36.0 Å². The van der Waals surface area contributed by atoms with Gasteiger partial charge in [0, 0.05) is 99.4 Å². The zero-order chi connectivity index (χ0) is 38.4. The molecule has 10 rings (SSSR count). The van der Waals surface area contributed by atoms with Crippen LogP contribution in [0.1, 0.15) is 24.4 Å². The first-order valence-electron chi connectivity index (χ1n) is 19.1. The number of para-hydroxylation sites is 1. The van der Waals surface area contributed by atoms with Crippen LogP contribution in [0.2, 0.25) is 0 Å². The number of hydrogen-bond acceptors (Lipinski definition) is 11. The Morgan fingerprint density at radius 2 is 1.86 bits per heavy atom. The third-order valence-corrected chi connectivity index (χ3v) is 12.1. The highest BCUT2D eigenvalue weighted by molar-refractivity contribution is 6.00. The summed E-state index contributed by atoms with van der Waals surface area (Å²) in [5.41, 5.74) is 4.80. The van der Waals surface area contributed by atoms with E-state index in [1.807, 2.05) is 25.1 Å². The molecule has 2 unspecified atom stereocenters. The Bertz CT molecular complexity index is 2540. The number of likely N-dealkylation sites (tertiary alicyclic amines) is 1. The SMILES string of the molecule is Cc1c(-c2cc3cc(NC(=O)OC4[C@H]5CN(CC6CN(c7cccc8c7n(C)c(=O)n8C7CCC(=O)NC7=O)C6)C[C@@H]45)ncc3cc2F)cnc2c1NCCO2. The van der Waals surface area contributed by atoms with E-state index in [1.54, 1.807) is 29.9 Å². The summed E-state index contributed by atoms with van der Waals surface area (Å²) in [6.45, 7) is 7.42. The van der Waals surface area contributed by atoms with Crippen molar-refractivity contribution in [2.45, 2.75) is 31.9 Å². The van der Waals surface area contributed by atoms with Gasteiger partial charge >= 0.3 is 11.8 Å². The second-order valence-corrected chi connectivity index (χ2v) is 15.6. The Labute approximate surface area is 319 Å². The molecule has 0 bridgehead atoms. The van der Waals surface area contributed by atoms with Crippen LogP contribution >= 0.6 is 0 Å².